The standard InChI is InChI=1S/C77H139N2O7P/c1-7-10-13-16-19-22-25-28-30-32-34-36-37-38-39-40-41-43-45-47-49-52-55-58-61-64-67-70-77(81)86-75(68-65-62-59-56-53-50-27-24-21-18-15-12-9-3)74(73-85-87(82,83)84-72-71-79(4,5)6)78-76(80)69-66-63-60-57-54-51-48-46-44-42-35-33-31-29-26-23-20-17-14-11-8-2/h11,14,19-20,22-23,28-31,35,42,46,48,65,68,74-75H,7-10,12-13,15-18,21,24-27,32-34,36-41,43-45,47,49-64,66-67,69-73H2,1-6H3,(H-,78,80,82,83)/b14-11-,22-19-,23-20-,30-28-,31-29-,42-35-,48-46-,68-65-. The Bertz CT molecular complexity index is 1810. The van der Waals surface area contributed by atoms with Crippen LogP contribution in [0.1, 0.15) is 329 Å². The molecule has 87 heavy (non-hydrogen) atoms. The maximum atomic E-state index is 13.6. The molecule has 0 bridgehead atoms. The fourth-order valence-electron chi connectivity index (χ4n) is 10.4. The average molecular weight is 1240 g/mol. The predicted molar refractivity (Wildman–Crippen MR) is 376 cm³/mol. The molecule has 3 unspecified atom stereocenters. The van der Waals surface area contributed by atoms with Gasteiger partial charge in [0.1, 0.15) is 19.3 Å². The van der Waals surface area contributed by atoms with E-state index in [9.17, 15) is 19.0 Å². The van der Waals surface area contributed by atoms with Crippen LogP contribution in [0, 0.1) is 0 Å². The molecule has 0 aromatic carbocycles. The summed E-state index contributed by atoms with van der Waals surface area (Å²) >= 11 is 0. The molecule has 0 fully saturated rings. The Morgan fingerprint density at radius 3 is 1.13 bits per heavy atom. The smallest absolute Gasteiger partial charge is 0.306 e. The molecule has 0 radical (unpaired) electrons. The van der Waals surface area contributed by atoms with E-state index in [-0.39, 0.29) is 24.9 Å². The van der Waals surface area contributed by atoms with Gasteiger partial charge < -0.3 is 28.5 Å². The summed E-state index contributed by atoms with van der Waals surface area (Å²) in [4.78, 5) is 40.2. The molecule has 0 saturated carbocycles. The first kappa shape index (κ1) is 83.9. The van der Waals surface area contributed by atoms with Gasteiger partial charge >= 0.3 is 5.97 Å². The highest BCUT2D eigenvalue weighted by Gasteiger charge is 2.27. The van der Waals surface area contributed by atoms with Crippen LogP contribution in [0.4, 0.5) is 0 Å². The van der Waals surface area contributed by atoms with Crippen LogP contribution in [0.25, 0.3) is 0 Å². The second-order valence-electron chi connectivity index (χ2n) is 25.7. The number of rotatable bonds is 66. The number of phosphoric ester groups is 1. The normalized spacial score (nSPS) is 14.1. The van der Waals surface area contributed by atoms with Gasteiger partial charge in [0.15, 0.2) is 0 Å². The minimum absolute atomic E-state index is 0.0293. The third-order valence-electron chi connectivity index (χ3n) is 16.0. The van der Waals surface area contributed by atoms with Gasteiger partial charge in [-0.1, -0.05) is 305 Å². The number of hydrogen-bond acceptors (Lipinski definition) is 7. The number of carbonyl (C=O) groups is 2. The number of nitrogens with one attached hydrogen (secondary N) is 1. The molecule has 504 valence electrons. The Labute approximate surface area is 538 Å². The number of phosphoric acid groups is 1. The van der Waals surface area contributed by atoms with E-state index in [0.29, 0.717) is 23.9 Å². The topological polar surface area (TPSA) is 114 Å². The monoisotopic (exact) mass is 1240 g/mol. The summed E-state index contributed by atoms with van der Waals surface area (Å²) in [6.45, 7) is 6.72. The van der Waals surface area contributed by atoms with Gasteiger partial charge in [0, 0.05) is 12.8 Å². The molecular weight excluding hydrogens is 1100 g/mol. The molecule has 0 aliphatic carbocycles. The highest BCUT2D eigenvalue weighted by Crippen LogP contribution is 2.38. The highest BCUT2D eigenvalue weighted by atomic mass is 31.2. The van der Waals surface area contributed by atoms with Crippen LogP contribution in [0.2, 0.25) is 0 Å². The number of ether oxygens (including phenoxy) is 1. The molecular formula is C77H139N2O7P. The van der Waals surface area contributed by atoms with E-state index >= 15 is 0 Å². The van der Waals surface area contributed by atoms with E-state index in [4.69, 9.17) is 13.8 Å². The van der Waals surface area contributed by atoms with E-state index in [1.165, 1.54) is 180 Å². The highest BCUT2D eigenvalue weighted by molar-refractivity contribution is 7.45. The van der Waals surface area contributed by atoms with E-state index in [1.807, 2.05) is 33.3 Å². The van der Waals surface area contributed by atoms with Gasteiger partial charge in [-0.2, -0.15) is 0 Å². The first-order valence-electron chi connectivity index (χ1n) is 36.5. The predicted octanol–water partition coefficient (Wildman–Crippen LogP) is 22.8. The molecule has 1 N–H and O–H groups in total. The lowest BCUT2D eigenvalue weighted by atomic mass is 10.0. The van der Waals surface area contributed by atoms with E-state index in [0.717, 1.165) is 109 Å². The van der Waals surface area contributed by atoms with Crippen LogP contribution in [0.15, 0.2) is 97.2 Å². The molecule has 10 heteroatoms. The lowest BCUT2D eigenvalue weighted by molar-refractivity contribution is -0.870. The van der Waals surface area contributed by atoms with Gasteiger partial charge in [0.25, 0.3) is 7.82 Å². The van der Waals surface area contributed by atoms with Gasteiger partial charge in [-0.3, -0.25) is 14.2 Å². The van der Waals surface area contributed by atoms with Gasteiger partial charge in [-0.25, -0.2) is 0 Å². The minimum Gasteiger partial charge on any atom is -0.756 e. The number of quaternary nitrogens is 1. The Morgan fingerprint density at radius 1 is 0.414 bits per heavy atom. The molecule has 0 heterocycles. The van der Waals surface area contributed by atoms with Gasteiger partial charge in [0.05, 0.1) is 33.8 Å². The Hall–Kier alpha value is -3.07. The van der Waals surface area contributed by atoms with Crippen LogP contribution in [0.5, 0.6) is 0 Å². The largest absolute Gasteiger partial charge is 0.756 e. The molecule has 9 nitrogen and oxygen atoms in total. The average Bonchev–Trinajstić information content (AvgIpc) is 3.69. The Kier molecular flexibility index (Phi) is 63.5. The Balaban J connectivity index is 5.08. The van der Waals surface area contributed by atoms with Crippen LogP contribution >= 0.6 is 7.82 Å². The first-order valence-corrected chi connectivity index (χ1v) is 38.0. The number of carbonyl (C=O) groups excluding carboxylic acids is 2. The number of amides is 1. The lowest BCUT2D eigenvalue weighted by Crippen LogP contribution is -2.47. The fraction of sp³-hybridized carbons (Fsp3) is 0.766. The van der Waals surface area contributed by atoms with Crippen molar-refractivity contribution in [1.29, 1.82) is 0 Å². The maximum absolute atomic E-state index is 13.6. The summed E-state index contributed by atoms with van der Waals surface area (Å²) in [6, 6.07) is -0.904. The quantitative estimate of drug-likeness (QED) is 0.0212. The molecule has 0 aliphatic heterocycles. The van der Waals surface area contributed by atoms with Crippen molar-refractivity contribution in [1.82, 2.24) is 5.32 Å². The minimum atomic E-state index is -4.72. The number of hydrogen-bond donors (Lipinski definition) is 1. The van der Waals surface area contributed by atoms with E-state index in [1.54, 1.807) is 0 Å². The zero-order valence-electron chi connectivity index (χ0n) is 57.7. The Morgan fingerprint density at radius 2 is 0.736 bits per heavy atom. The number of likely N-dealkylation sites (N-methyl/N-ethyl adjacent to an activating group) is 1. The summed E-state index contributed by atoms with van der Waals surface area (Å²) in [6.07, 6.45) is 89.6. The first-order chi connectivity index (χ1) is 42.4. The van der Waals surface area contributed by atoms with E-state index in [2.05, 4.69) is 111 Å². The second kappa shape index (κ2) is 65.9. The van der Waals surface area contributed by atoms with Crippen molar-refractivity contribution in [2.45, 2.75) is 341 Å². The molecule has 0 aliphatic rings. The van der Waals surface area contributed by atoms with Crippen molar-refractivity contribution < 1.29 is 37.3 Å². The SMILES string of the molecule is CC/C=C\C/C=C\C/C=C\C/C=C\C/C=C\CCCCCCCC(=O)NC(COP(=O)([O-])OCC[N+](C)(C)C)C(/C=C\CCCCCCCCCCCCC)OC(=O)CCCCCCCCCCCCCCCCCCC/C=C\C/C=C\CCCCC. The van der Waals surface area contributed by atoms with Gasteiger partial charge in [-0.15, -0.1) is 0 Å². The summed E-state index contributed by atoms with van der Waals surface area (Å²) < 4.78 is 30.5. The summed E-state index contributed by atoms with van der Waals surface area (Å²) in [5.74, 6) is -0.556. The third-order valence-corrected chi connectivity index (χ3v) is 17.0. The molecule has 0 rings (SSSR count). The van der Waals surface area contributed by atoms with Crippen molar-refractivity contribution >= 4 is 19.7 Å². The van der Waals surface area contributed by atoms with Crippen molar-refractivity contribution in [2.24, 2.45) is 0 Å². The summed E-state index contributed by atoms with van der Waals surface area (Å²) in [5.41, 5.74) is 0. The van der Waals surface area contributed by atoms with E-state index < -0.39 is 26.6 Å². The molecule has 0 saturated heterocycles. The molecule has 0 aromatic heterocycles. The van der Waals surface area contributed by atoms with Crippen molar-refractivity contribution in [3.8, 4) is 0 Å². The van der Waals surface area contributed by atoms with Crippen LogP contribution < -0.4 is 10.2 Å². The molecule has 0 aromatic rings. The molecule has 0 spiro atoms. The van der Waals surface area contributed by atoms with Crippen molar-refractivity contribution in [3.05, 3.63) is 97.2 Å². The van der Waals surface area contributed by atoms with Crippen LogP contribution in [-0.2, 0) is 27.9 Å². The zero-order valence-corrected chi connectivity index (χ0v) is 58.6. The van der Waals surface area contributed by atoms with Crippen LogP contribution in [-0.4, -0.2) is 69.4 Å². The zero-order chi connectivity index (χ0) is 63.5. The maximum Gasteiger partial charge on any atom is 0.306 e. The molecule has 3 atom stereocenters. The third kappa shape index (κ3) is 67.2. The van der Waals surface area contributed by atoms with Gasteiger partial charge in [-0.05, 0) is 109 Å². The number of nitrogens with zero attached hydrogens (tertiary/aromatic N) is 1. The number of unbranched alkanes of at least 4 members (excludes halogenated alkanes) is 36. The second-order valence-corrected chi connectivity index (χ2v) is 27.1. The lowest BCUT2D eigenvalue weighted by Gasteiger charge is -2.30. The fourth-order valence-corrected chi connectivity index (χ4v) is 11.1. The number of esters is 1. The number of allylic oxidation sites excluding steroid dienone is 15. The molecule has 1 amide bonds. The van der Waals surface area contributed by atoms with Crippen molar-refractivity contribution in [2.75, 3.05) is 40.9 Å². The van der Waals surface area contributed by atoms with Crippen LogP contribution in [0.3, 0.4) is 0 Å². The van der Waals surface area contributed by atoms with Gasteiger partial charge in [0.2, 0.25) is 5.91 Å². The summed E-state index contributed by atoms with van der Waals surface area (Å²) in [5, 5.41) is 3.04. The summed E-state index contributed by atoms with van der Waals surface area (Å²) in [7, 11) is 1.17. The van der Waals surface area contributed by atoms with Crippen molar-refractivity contribution in [3.63, 3.8) is 0 Å².